The van der Waals surface area contributed by atoms with Crippen LogP contribution in [-0.4, -0.2) is 73.3 Å². The van der Waals surface area contributed by atoms with E-state index >= 15 is 0 Å². The van der Waals surface area contributed by atoms with Gasteiger partial charge in [-0.1, -0.05) is 12.1 Å². The molecule has 9 nitrogen and oxygen atoms in total. The number of nitriles is 1. The van der Waals surface area contributed by atoms with Crippen molar-refractivity contribution in [2.24, 2.45) is 0 Å². The quantitative estimate of drug-likeness (QED) is 0.407. The molecule has 4 heterocycles. The van der Waals surface area contributed by atoms with Gasteiger partial charge in [0.25, 0.3) is 6.26 Å². The van der Waals surface area contributed by atoms with Crippen LogP contribution in [0.4, 0.5) is 5.69 Å². The van der Waals surface area contributed by atoms with Crippen LogP contribution < -0.4 is 4.90 Å². The highest BCUT2D eigenvalue weighted by molar-refractivity contribution is 7.90. The number of aromatic nitrogens is 3. The van der Waals surface area contributed by atoms with Crippen LogP contribution in [0.5, 0.6) is 0 Å². The second-order valence-electron chi connectivity index (χ2n) is 9.10. The lowest BCUT2D eigenvalue weighted by Crippen LogP contribution is -2.51. The highest BCUT2D eigenvalue weighted by Crippen LogP contribution is 2.28. The molecule has 0 spiro atoms. The van der Waals surface area contributed by atoms with E-state index in [9.17, 15) is 8.42 Å². The summed E-state index contributed by atoms with van der Waals surface area (Å²) in [6.07, 6.45) is 12.7. The minimum absolute atomic E-state index is 0.0909. The first-order valence-corrected chi connectivity index (χ1v) is 13.5. The van der Waals surface area contributed by atoms with Crippen molar-refractivity contribution in [2.75, 3.05) is 37.3 Å². The summed E-state index contributed by atoms with van der Waals surface area (Å²) < 4.78 is 30.8. The van der Waals surface area contributed by atoms with Crippen LogP contribution in [0, 0.1) is 11.5 Å². The SMILES string of the molecule is CS(=O)(=O)c1cccc(-c2cnn3cc(N4CCN(C5CCB(OC#N)CC5)CC4)cnc23)c1. The van der Waals surface area contributed by atoms with Crippen molar-refractivity contribution in [3.05, 3.63) is 42.9 Å². The van der Waals surface area contributed by atoms with Gasteiger partial charge < -0.3 is 9.55 Å². The molecule has 1 aromatic carbocycles. The number of fused-ring (bicyclic) bond motifs is 1. The van der Waals surface area contributed by atoms with Gasteiger partial charge >= 0.3 is 6.92 Å². The van der Waals surface area contributed by atoms with Crippen molar-refractivity contribution >= 4 is 28.1 Å². The number of benzene rings is 1. The number of rotatable bonds is 5. The average Bonchev–Trinajstić information content (AvgIpc) is 3.28. The predicted octanol–water partition coefficient (Wildman–Crippen LogP) is 2.57. The molecule has 0 amide bonds. The molecule has 11 heteroatoms. The third-order valence-corrected chi connectivity index (χ3v) is 8.09. The Labute approximate surface area is 200 Å². The van der Waals surface area contributed by atoms with E-state index in [2.05, 4.69) is 19.9 Å². The van der Waals surface area contributed by atoms with Gasteiger partial charge in [-0.05, 0) is 43.2 Å². The number of anilines is 1. The van der Waals surface area contributed by atoms with E-state index in [4.69, 9.17) is 9.92 Å². The molecule has 0 radical (unpaired) electrons. The van der Waals surface area contributed by atoms with Gasteiger partial charge in [-0.15, -0.1) is 0 Å². The molecule has 0 N–H and O–H groups in total. The molecule has 0 saturated carbocycles. The molecule has 176 valence electrons. The van der Waals surface area contributed by atoms with Crippen molar-refractivity contribution in [3.63, 3.8) is 0 Å². The molecule has 0 unspecified atom stereocenters. The summed E-state index contributed by atoms with van der Waals surface area (Å²) in [6, 6.07) is 7.45. The first kappa shape index (κ1) is 22.7. The molecule has 3 aromatic rings. The van der Waals surface area contributed by atoms with Crippen molar-refractivity contribution in [3.8, 4) is 17.4 Å². The van der Waals surface area contributed by atoms with Crippen LogP contribution in [-0.2, 0) is 14.5 Å². The van der Waals surface area contributed by atoms with E-state index in [0.717, 1.165) is 68.5 Å². The summed E-state index contributed by atoms with van der Waals surface area (Å²) >= 11 is 0. The Bertz CT molecular complexity index is 1320. The molecule has 2 fully saturated rings. The molecule has 2 aliphatic heterocycles. The van der Waals surface area contributed by atoms with E-state index in [0.29, 0.717) is 11.7 Å². The largest absolute Gasteiger partial charge is 0.498 e. The molecule has 2 aromatic heterocycles. The van der Waals surface area contributed by atoms with Crippen LogP contribution in [0.15, 0.2) is 47.8 Å². The summed E-state index contributed by atoms with van der Waals surface area (Å²) in [5.41, 5.74) is 3.31. The molecule has 2 aliphatic rings. The van der Waals surface area contributed by atoms with E-state index in [1.165, 1.54) is 6.26 Å². The zero-order chi connectivity index (χ0) is 23.7. The number of hydrogen-bond donors (Lipinski definition) is 0. The van der Waals surface area contributed by atoms with Crippen molar-refractivity contribution in [1.82, 2.24) is 19.5 Å². The zero-order valence-corrected chi connectivity index (χ0v) is 20.0. The number of piperazine rings is 1. The fourth-order valence-corrected chi connectivity index (χ4v) is 5.74. The highest BCUT2D eigenvalue weighted by Gasteiger charge is 2.31. The zero-order valence-electron chi connectivity index (χ0n) is 19.2. The third-order valence-electron chi connectivity index (χ3n) is 6.97. The van der Waals surface area contributed by atoms with E-state index in [1.54, 1.807) is 28.9 Å². The van der Waals surface area contributed by atoms with Crippen LogP contribution in [0.3, 0.4) is 0 Å². The number of nitrogens with zero attached hydrogens (tertiary/aromatic N) is 6. The van der Waals surface area contributed by atoms with Gasteiger partial charge in [-0.3, -0.25) is 4.90 Å². The summed E-state index contributed by atoms with van der Waals surface area (Å²) in [5, 5.41) is 13.2. The van der Waals surface area contributed by atoms with Crippen LogP contribution in [0.1, 0.15) is 12.8 Å². The molecule has 5 rings (SSSR count). The Morgan fingerprint density at radius 1 is 1.15 bits per heavy atom. The Morgan fingerprint density at radius 2 is 1.91 bits per heavy atom. The molecule has 2 saturated heterocycles. The molecular formula is C23H27BN6O3S. The maximum absolute atomic E-state index is 11.9. The van der Waals surface area contributed by atoms with Gasteiger partial charge in [0.05, 0.1) is 29.2 Å². The monoisotopic (exact) mass is 478 g/mol. The minimum Gasteiger partial charge on any atom is -0.498 e. The molecule has 34 heavy (non-hydrogen) atoms. The van der Waals surface area contributed by atoms with Crippen LogP contribution in [0.25, 0.3) is 16.8 Å². The van der Waals surface area contributed by atoms with Crippen LogP contribution >= 0.6 is 0 Å². The third kappa shape index (κ3) is 4.61. The maximum atomic E-state index is 11.9. The molecule has 0 atom stereocenters. The van der Waals surface area contributed by atoms with Crippen molar-refractivity contribution in [2.45, 2.75) is 36.4 Å². The van der Waals surface area contributed by atoms with Gasteiger partial charge in [0, 0.05) is 44.0 Å². The Balaban J connectivity index is 1.26. The fraction of sp³-hybridized carbons (Fsp3) is 0.435. The molecular weight excluding hydrogens is 451 g/mol. The standard InChI is InChI=1S/C23H27BN6O3S/c1-34(31,32)21-4-2-3-18(13-21)22-15-27-30-16-20(14-26-23(22)30)29-11-9-28(10-12-29)19-5-7-24(8-6-19)33-17-25/h2-4,13-16,19H,5-12H2,1H3. The number of sulfone groups is 1. The lowest BCUT2D eigenvalue weighted by atomic mass is 9.55. The maximum Gasteiger partial charge on any atom is 0.373 e. The highest BCUT2D eigenvalue weighted by atomic mass is 32.2. The lowest BCUT2D eigenvalue weighted by Gasteiger charge is -2.41. The minimum atomic E-state index is -3.29. The fourth-order valence-electron chi connectivity index (χ4n) is 5.07. The Kier molecular flexibility index (Phi) is 6.19. The lowest BCUT2D eigenvalue weighted by molar-refractivity contribution is 0.169. The van der Waals surface area contributed by atoms with Crippen molar-refractivity contribution in [1.29, 1.82) is 5.26 Å². The van der Waals surface area contributed by atoms with Gasteiger partial charge in [0.15, 0.2) is 15.5 Å². The normalized spacial score (nSPS) is 18.2. The second-order valence-corrected chi connectivity index (χ2v) is 11.1. The Morgan fingerprint density at radius 3 is 2.62 bits per heavy atom. The first-order valence-electron chi connectivity index (χ1n) is 11.6. The summed E-state index contributed by atoms with van der Waals surface area (Å²) in [4.78, 5) is 9.85. The average molecular weight is 478 g/mol. The first-order chi connectivity index (χ1) is 16.4. The summed E-state index contributed by atoms with van der Waals surface area (Å²) in [5.74, 6) is 0. The molecule has 0 aliphatic carbocycles. The van der Waals surface area contributed by atoms with Gasteiger partial charge in [0.2, 0.25) is 0 Å². The summed E-state index contributed by atoms with van der Waals surface area (Å²) in [7, 11) is -3.29. The van der Waals surface area contributed by atoms with Gasteiger partial charge in [-0.2, -0.15) is 10.4 Å². The van der Waals surface area contributed by atoms with E-state index in [1.807, 2.05) is 24.7 Å². The van der Waals surface area contributed by atoms with Gasteiger partial charge in [0.1, 0.15) is 0 Å². The van der Waals surface area contributed by atoms with E-state index < -0.39 is 9.84 Å². The van der Waals surface area contributed by atoms with Crippen LogP contribution in [0.2, 0.25) is 12.6 Å². The predicted molar refractivity (Wildman–Crippen MR) is 130 cm³/mol. The topological polar surface area (TPSA) is 104 Å². The van der Waals surface area contributed by atoms with Crippen molar-refractivity contribution < 1.29 is 13.1 Å². The summed E-state index contributed by atoms with van der Waals surface area (Å²) in [6.45, 7) is 3.93. The molecule has 0 bridgehead atoms. The van der Waals surface area contributed by atoms with Gasteiger partial charge in [-0.25, -0.2) is 17.9 Å². The number of hydrogen-bond acceptors (Lipinski definition) is 8. The smallest absolute Gasteiger partial charge is 0.373 e. The Hall–Kier alpha value is -3.10. The van der Waals surface area contributed by atoms with E-state index in [-0.39, 0.29) is 11.8 Å². The second kappa shape index (κ2) is 9.27.